The number of rotatable bonds is 6. The summed E-state index contributed by atoms with van der Waals surface area (Å²) in [5, 5.41) is 12.2. The van der Waals surface area contributed by atoms with E-state index in [4.69, 9.17) is 4.42 Å². The molecule has 6 heteroatoms. The van der Waals surface area contributed by atoms with Gasteiger partial charge in [0.2, 0.25) is 11.3 Å². The summed E-state index contributed by atoms with van der Waals surface area (Å²) in [7, 11) is 0. The number of aromatic hydroxyl groups is 1. The third-order valence-corrected chi connectivity index (χ3v) is 3.95. The number of likely N-dealkylation sites (tertiary alicyclic amines) is 1. The van der Waals surface area contributed by atoms with E-state index >= 15 is 0 Å². The van der Waals surface area contributed by atoms with Crippen LogP contribution in [0, 0.1) is 5.92 Å². The largest absolute Gasteiger partial charge is 0.502 e. The molecular weight excluding hydrogens is 284 g/mol. The molecule has 1 aliphatic heterocycles. The fourth-order valence-corrected chi connectivity index (χ4v) is 2.69. The number of hydrogen-bond acceptors (Lipinski definition) is 5. The van der Waals surface area contributed by atoms with Crippen LogP contribution in [0.5, 0.6) is 5.75 Å². The summed E-state index contributed by atoms with van der Waals surface area (Å²) in [6.45, 7) is 4.86. The molecule has 22 heavy (non-hydrogen) atoms. The minimum absolute atomic E-state index is 0.00515. The first kappa shape index (κ1) is 16.5. The lowest BCUT2D eigenvalue weighted by Crippen LogP contribution is -2.42. The Morgan fingerprint density at radius 2 is 2.36 bits per heavy atom. The average molecular weight is 308 g/mol. The predicted molar refractivity (Wildman–Crippen MR) is 82.6 cm³/mol. The molecule has 0 bridgehead atoms. The molecule has 1 saturated heterocycles. The van der Waals surface area contributed by atoms with Crippen LogP contribution in [0.1, 0.15) is 38.4 Å². The van der Waals surface area contributed by atoms with Gasteiger partial charge in [-0.15, -0.1) is 0 Å². The van der Waals surface area contributed by atoms with Gasteiger partial charge in [0.15, 0.2) is 5.75 Å². The number of unbranched alkanes of at least 4 members (excludes halogenated alkanes) is 1. The molecule has 1 aromatic heterocycles. The third kappa shape index (κ3) is 4.59. The Morgan fingerprint density at radius 1 is 1.55 bits per heavy atom. The molecule has 0 aliphatic carbocycles. The van der Waals surface area contributed by atoms with E-state index in [2.05, 4.69) is 17.1 Å². The minimum Gasteiger partial charge on any atom is -0.502 e. The summed E-state index contributed by atoms with van der Waals surface area (Å²) in [6.07, 6.45) is 4.98. The second kappa shape index (κ2) is 7.98. The molecule has 1 unspecified atom stereocenters. The van der Waals surface area contributed by atoms with Crippen LogP contribution < -0.4 is 10.7 Å². The predicted octanol–water partition coefficient (Wildman–Crippen LogP) is 1.47. The zero-order valence-corrected chi connectivity index (χ0v) is 13.0. The summed E-state index contributed by atoms with van der Waals surface area (Å²) in [6, 6.07) is 1.31. The van der Waals surface area contributed by atoms with Gasteiger partial charge < -0.3 is 14.8 Å². The second-order valence-corrected chi connectivity index (χ2v) is 5.81. The molecular formula is C16H24N2O4. The van der Waals surface area contributed by atoms with Gasteiger partial charge in [-0.1, -0.05) is 13.3 Å². The molecule has 1 aliphatic rings. The van der Waals surface area contributed by atoms with E-state index in [-0.39, 0.29) is 17.6 Å². The van der Waals surface area contributed by atoms with Gasteiger partial charge in [-0.25, -0.2) is 0 Å². The molecule has 2 N–H and O–H groups in total. The van der Waals surface area contributed by atoms with Crippen molar-refractivity contribution >= 4 is 5.91 Å². The topological polar surface area (TPSA) is 82.8 Å². The summed E-state index contributed by atoms with van der Waals surface area (Å²) in [5.74, 6) is 0.241. The monoisotopic (exact) mass is 308 g/mol. The van der Waals surface area contributed by atoms with Crippen molar-refractivity contribution in [3.05, 3.63) is 28.3 Å². The number of carbonyl (C=O) groups excluding carboxylic acids is 1. The third-order valence-electron chi connectivity index (χ3n) is 3.95. The number of carbonyl (C=O) groups is 1. The van der Waals surface area contributed by atoms with Gasteiger partial charge in [-0.05, 0) is 25.8 Å². The fourth-order valence-electron chi connectivity index (χ4n) is 2.69. The first-order valence-electron chi connectivity index (χ1n) is 7.91. The van der Waals surface area contributed by atoms with Crippen molar-refractivity contribution in [1.82, 2.24) is 10.2 Å². The van der Waals surface area contributed by atoms with Crippen LogP contribution in [0.4, 0.5) is 0 Å². The van der Waals surface area contributed by atoms with Gasteiger partial charge in [0, 0.05) is 19.2 Å². The van der Waals surface area contributed by atoms with Crippen molar-refractivity contribution in [3.8, 4) is 5.75 Å². The highest BCUT2D eigenvalue weighted by molar-refractivity contribution is 5.78. The molecule has 6 nitrogen and oxygen atoms in total. The Labute approximate surface area is 130 Å². The van der Waals surface area contributed by atoms with Crippen molar-refractivity contribution in [2.75, 3.05) is 19.6 Å². The first-order valence-corrected chi connectivity index (χ1v) is 7.91. The minimum atomic E-state index is -0.438. The fraction of sp³-hybridized carbons (Fsp3) is 0.625. The standard InChI is InChI=1S/C16H24N2O4/c1-2-3-6-17-16(21)12-5-4-7-18(9-12)10-13-8-14(19)15(20)11-22-13/h8,11-12,20H,2-7,9-10H2,1H3,(H,17,21). The highest BCUT2D eigenvalue weighted by Crippen LogP contribution is 2.19. The van der Waals surface area contributed by atoms with Crippen LogP contribution in [-0.2, 0) is 11.3 Å². The van der Waals surface area contributed by atoms with Crippen molar-refractivity contribution in [3.63, 3.8) is 0 Å². The number of hydrogen-bond donors (Lipinski definition) is 2. The van der Waals surface area contributed by atoms with Crippen LogP contribution in [-0.4, -0.2) is 35.5 Å². The smallest absolute Gasteiger partial charge is 0.226 e. The zero-order valence-electron chi connectivity index (χ0n) is 13.0. The Balaban J connectivity index is 1.88. The van der Waals surface area contributed by atoms with E-state index in [0.717, 1.165) is 45.0 Å². The van der Waals surface area contributed by atoms with Gasteiger partial charge >= 0.3 is 0 Å². The number of piperidine rings is 1. The van der Waals surface area contributed by atoms with Gasteiger partial charge in [0.25, 0.3) is 0 Å². The molecule has 0 radical (unpaired) electrons. The highest BCUT2D eigenvalue weighted by Gasteiger charge is 2.25. The molecule has 0 aromatic carbocycles. The molecule has 1 aromatic rings. The molecule has 0 spiro atoms. The summed E-state index contributed by atoms with van der Waals surface area (Å²) in [4.78, 5) is 25.6. The maximum Gasteiger partial charge on any atom is 0.226 e. The lowest BCUT2D eigenvalue weighted by atomic mass is 9.97. The Morgan fingerprint density at radius 3 is 3.09 bits per heavy atom. The number of nitrogens with zero attached hydrogens (tertiary/aromatic N) is 1. The summed E-state index contributed by atoms with van der Waals surface area (Å²) < 4.78 is 5.22. The van der Waals surface area contributed by atoms with Crippen molar-refractivity contribution in [1.29, 1.82) is 0 Å². The van der Waals surface area contributed by atoms with E-state index < -0.39 is 5.43 Å². The van der Waals surface area contributed by atoms with Gasteiger partial charge in [-0.2, -0.15) is 0 Å². The number of amides is 1. The van der Waals surface area contributed by atoms with E-state index in [1.807, 2.05) is 0 Å². The van der Waals surface area contributed by atoms with Crippen LogP contribution in [0.3, 0.4) is 0 Å². The molecule has 1 fully saturated rings. The lowest BCUT2D eigenvalue weighted by molar-refractivity contribution is -0.126. The molecule has 1 amide bonds. The summed E-state index contributed by atoms with van der Waals surface area (Å²) >= 11 is 0. The van der Waals surface area contributed by atoms with Gasteiger partial charge in [-0.3, -0.25) is 14.5 Å². The summed E-state index contributed by atoms with van der Waals surface area (Å²) in [5.41, 5.74) is -0.438. The van der Waals surface area contributed by atoms with E-state index in [1.54, 1.807) is 0 Å². The van der Waals surface area contributed by atoms with Crippen molar-refractivity contribution in [2.45, 2.75) is 39.2 Å². The molecule has 122 valence electrons. The molecule has 2 heterocycles. The van der Waals surface area contributed by atoms with Crippen LogP contribution in [0.25, 0.3) is 0 Å². The van der Waals surface area contributed by atoms with E-state index in [0.29, 0.717) is 18.8 Å². The Hall–Kier alpha value is -1.82. The van der Waals surface area contributed by atoms with E-state index in [9.17, 15) is 14.7 Å². The van der Waals surface area contributed by atoms with Crippen molar-refractivity contribution in [2.24, 2.45) is 5.92 Å². The van der Waals surface area contributed by atoms with Gasteiger partial charge in [0.05, 0.1) is 12.5 Å². The average Bonchev–Trinajstić information content (AvgIpc) is 2.51. The number of nitrogens with one attached hydrogen (secondary N) is 1. The SMILES string of the molecule is CCCCNC(=O)C1CCCN(Cc2cc(=O)c(O)co2)C1. The zero-order chi connectivity index (χ0) is 15.9. The second-order valence-electron chi connectivity index (χ2n) is 5.81. The Kier molecular flexibility index (Phi) is 6.00. The highest BCUT2D eigenvalue weighted by atomic mass is 16.4. The first-order chi connectivity index (χ1) is 10.6. The maximum atomic E-state index is 12.1. The molecule has 0 saturated carbocycles. The van der Waals surface area contributed by atoms with Gasteiger partial charge in [0.1, 0.15) is 12.0 Å². The molecule has 2 rings (SSSR count). The quantitative estimate of drug-likeness (QED) is 0.778. The maximum absolute atomic E-state index is 12.1. The van der Waals surface area contributed by atoms with E-state index in [1.165, 1.54) is 6.07 Å². The Bertz CT molecular complexity index is 555. The lowest BCUT2D eigenvalue weighted by Gasteiger charge is -2.31. The van der Waals surface area contributed by atoms with Crippen molar-refractivity contribution < 1.29 is 14.3 Å². The normalized spacial score (nSPS) is 19.0. The van der Waals surface area contributed by atoms with Crippen LogP contribution in [0.2, 0.25) is 0 Å². The van der Waals surface area contributed by atoms with Crippen LogP contribution >= 0.6 is 0 Å². The molecule has 1 atom stereocenters. The van der Waals surface area contributed by atoms with Crippen LogP contribution in [0.15, 0.2) is 21.5 Å².